The molecule has 0 saturated carbocycles. The maximum Gasteiger partial charge on any atom is 0.276 e. The minimum Gasteiger partial charge on any atom is -0.321 e. The molecule has 2 amide bonds. The summed E-state index contributed by atoms with van der Waals surface area (Å²) in [6, 6.07) is 28.4. The number of aryl methyl sites for hydroxylation is 1. The Kier molecular flexibility index (Phi) is 8.73. The number of allylic oxidation sites excluding steroid dienone is 1. The third kappa shape index (κ3) is 7.23. The molecule has 0 atom stereocenters. The summed E-state index contributed by atoms with van der Waals surface area (Å²) in [4.78, 5) is 49.3. The Labute approximate surface area is 230 Å². The number of ketones is 1. The lowest BCUT2D eigenvalue weighted by Crippen LogP contribution is -2.30. The summed E-state index contributed by atoms with van der Waals surface area (Å²) < 4.78 is 0. The van der Waals surface area contributed by atoms with E-state index in [0.717, 1.165) is 11.1 Å². The van der Waals surface area contributed by atoms with Crippen LogP contribution in [0.1, 0.15) is 37.4 Å². The zero-order chi connectivity index (χ0) is 28.5. The first-order valence-corrected chi connectivity index (χ1v) is 12.3. The van der Waals surface area contributed by atoms with Crippen LogP contribution in [0.2, 0.25) is 0 Å². The third-order valence-electron chi connectivity index (χ3n) is 5.86. The van der Waals surface area contributed by atoms with Gasteiger partial charge in [0.15, 0.2) is 5.78 Å². The standard InChI is InChI=1S/C32H25N3O5/c1-22-8-7-9-23(20-22)21-28(34-31(37)26-11-3-2-4-12-26)32(38)33-27-17-14-25(15-18-27)30(36)19-16-24-10-5-6-13-29(24)35(39)40/h2-21H,1H3,(H,33,38)(H,34,37)/b19-16+,28-21-. The Bertz CT molecular complexity index is 1620. The number of nitro benzene ring substituents is 1. The molecule has 8 nitrogen and oxygen atoms in total. The van der Waals surface area contributed by atoms with E-state index in [1.807, 2.05) is 31.2 Å². The van der Waals surface area contributed by atoms with Crippen LogP contribution in [0.15, 0.2) is 115 Å². The number of benzene rings is 4. The number of rotatable bonds is 9. The average Bonchev–Trinajstić information content (AvgIpc) is 2.96. The van der Waals surface area contributed by atoms with E-state index in [1.54, 1.807) is 66.7 Å². The second-order valence-corrected chi connectivity index (χ2v) is 8.84. The molecule has 198 valence electrons. The van der Waals surface area contributed by atoms with Gasteiger partial charge in [0, 0.05) is 22.9 Å². The van der Waals surface area contributed by atoms with E-state index in [9.17, 15) is 24.5 Å². The molecule has 0 aliphatic carbocycles. The Morgan fingerprint density at radius 2 is 1.50 bits per heavy atom. The van der Waals surface area contributed by atoms with E-state index in [0.29, 0.717) is 22.4 Å². The molecule has 0 spiro atoms. The molecule has 2 N–H and O–H groups in total. The fourth-order valence-electron chi connectivity index (χ4n) is 3.84. The maximum atomic E-state index is 13.2. The number of carbonyl (C=O) groups excluding carboxylic acids is 3. The molecule has 0 aliphatic heterocycles. The monoisotopic (exact) mass is 531 g/mol. The van der Waals surface area contributed by atoms with Crippen LogP contribution in [-0.4, -0.2) is 22.5 Å². The molecule has 0 aromatic heterocycles. The summed E-state index contributed by atoms with van der Waals surface area (Å²) in [6.07, 6.45) is 4.25. The quantitative estimate of drug-likeness (QED) is 0.115. The molecule has 0 fully saturated rings. The van der Waals surface area contributed by atoms with E-state index in [-0.39, 0.29) is 17.2 Å². The summed E-state index contributed by atoms with van der Waals surface area (Å²) in [5, 5.41) is 16.6. The highest BCUT2D eigenvalue weighted by Crippen LogP contribution is 2.20. The highest BCUT2D eigenvalue weighted by molar-refractivity contribution is 6.11. The van der Waals surface area contributed by atoms with E-state index in [4.69, 9.17) is 0 Å². The van der Waals surface area contributed by atoms with Crippen molar-refractivity contribution in [1.82, 2.24) is 5.32 Å². The van der Waals surface area contributed by atoms with Crippen molar-refractivity contribution in [2.45, 2.75) is 6.92 Å². The van der Waals surface area contributed by atoms with Crippen LogP contribution >= 0.6 is 0 Å². The van der Waals surface area contributed by atoms with Crippen molar-refractivity contribution in [1.29, 1.82) is 0 Å². The first kappa shape index (κ1) is 27.4. The summed E-state index contributed by atoms with van der Waals surface area (Å²) in [7, 11) is 0. The SMILES string of the molecule is Cc1cccc(/C=C(\NC(=O)c2ccccc2)C(=O)Nc2ccc(C(=O)/C=C/c3ccccc3[N+](=O)[O-])cc2)c1. The fraction of sp³-hybridized carbons (Fsp3) is 0.0312. The summed E-state index contributed by atoms with van der Waals surface area (Å²) >= 11 is 0. The van der Waals surface area contributed by atoms with Gasteiger partial charge in [-0.1, -0.05) is 60.2 Å². The molecule has 8 heteroatoms. The van der Waals surface area contributed by atoms with Gasteiger partial charge in [0.25, 0.3) is 17.5 Å². The van der Waals surface area contributed by atoms with Gasteiger partial charge in [-0.05, 0) is 73.2 Å². The van der Waals surface area contributed by atoms with Crippen LogP contribution in [0.3, 0.4) is 0 Å². The largest absolute Gasteiger partial charge is 0.321 e. The lowest BCUT2D eigenvalue weighted by molar-refractivity contribution is -0.385. The number of amides is 2. The van der Waals surface area contributed by atoms with Gasteiger partial charge in [0.1, 0.15) is 5.70 Å². The maximum absolute atomic E-state index is 13.2. The van der Waals surface area contributed by atoms with Crippen LogP contribution in [0, 0.1) is 17.0 Å². The molecule has 4 rings (SSSR count). The van der Waals surface area contributed by atoms with Crippen LogP contribution in [0.4, 0.5) is 11.4 Å². The number of nitro groups is 1. The number of carbonyl (C=O) groups is 3. The third-order valence-corrected chi connectivity index (χ3v) is 5.86. The lowest BCUT2D eigenvalue weighted by atomic mass is 10.1. The minimum atomic E-state index is -0.541. The van der Waals surface area contributed by atoms with Gasteiger partial charge in [-0.15, -0.1) is 0 Å². The number of hydrogen-bond acceptors (Lipinski definition) is 5. The molecule has 4 aromatic rings. The first-order chi connectivity index (χ1) is 19.3. The van der Waals surface area contributed by atoms with Crippen molar-refractivity contribution < 1.29 is 19.3 Å². The average molecular weight is 532 g/mol. The molecule has 0 unspecified atom stereocenters. The molecule has 0 radical (unpaired) electrons. The van der Waals surface area contributed by atoms with Crippen LogP contribution in [0.25, 0.3) is 12.2 Å². The molecule has 40 heavy (non-hydrogen) atoms. The van der Waals surface area contributed by atoms with Gasteiger partial charge in [0.2, 0.25) is 0 Å². The van der Waals surface area contributed by atoms with E-state index in [2.05, 4.69) is 10.6 Å². The summed E-state index contributed by atoms with van der Waals surface area (Å²) in [5.74, 6) is -1.33. The Balaban J connectivity index is 1.50. The van der Waals surface area contributed by atoms with Crippen LogP contribution in [-0.2, 0) is 4.79 Å². The second kappa shape index (κ2) is 12.7. The van der Waals surface area contributed by atoms with Crippen molar-refractivity contribution in [3.05, 3.63) is 153 Å². The van der Waals surface area contributed by atoms with Crippen molar-refractivity contribution in [2.24, 2.45) is 0 Å². The second-order valence-electron chi connectivity index (χ2n) is 8.84. The first-order valence-electron chi connectivity index (χ1n) is 12.3. The number of para-hydroxylation sites is 1. The highest BCUT2D eigenvalue weighted by Gasteiger charge is 2.16. The molecule has 0 heterocycles. The van der Waals surface area contributed by atoms with Gasteiger partial charge >= 0.3 is 0 Å². The van der Waals surface area contributed by atoms with Crippen molar-refractivity contribution in [3.8, 4) is 0 Å². The van der Waals surface area contributed by atoms with E-state index < -0.39 is 16.7 Å². The van der Waals surface area contributed by atoms with E-state index in [1.165, 1.54) is 30.4 Å². The molecular formula is C32H25N3O5. The number of nitrogens with zero attached hydrogens (tertiary/aromatic N) is 1. The highest BCUT2D eigenvalue weighted by atomic mass is 16.6. The topological polar surface area (TPSA) is 118 Å². The Morgan fingerprint density at radius 3 is 2.20 bits per heavy atom. The lowest BCUT2D eigenvalue weighted by Gasteiger charge is -2.12. The fourth-order valence-corrected chi connectivity index (χ4v) is 3.84. The minimum absolute atomic E-state index is 0.0481. The molecule has 4 aromatic carbocycles. The molecule has 0 saturated heterocycles. The molecule has 0 aliphatic rings. The normalized spacial score (nSPS) is 11.2. The summed E-state index contributed by atoms with van der Waals surface area (Å²) in [6.45, 7) is 1.93. The predicted molar refractivity (Wildman–Crippen MR) is 155 cm³/mol. The number of hydrogen-bond donors (Lipinski definition) is 2. The van der Waals surface area contributed by atoms with Crippen molar-refractivity contribution in [2.75, 3.05) is 5.32 Å². The molecule has 0 bridgehead atoms. The molecular weight excluding hydrogens is 506 g/mol. The zero-order valence-corrected chi connectivity index (χ0v) is 21.5. The van der Waals surface area contributed by atoms with Crippen LogP contribution in [0.5, 0.6) is 0 Å². The van der Waals surface area contributed by atoms with Crippen molar-refractivity contribution >= 4 is 41.1 Å². The Hall–Kier alpha value is -5.63. The van der Waals surface area contributed by atoms with Gasteiger partial charge in [-0.3, -0.25) is 24.5 Å². The summed E-state index contributed by atoms with van der Waals surface area (Å²) in [5.41, 5.74) is 3.15. The number of nitrogens with one attached hydrogen (secondary N) is 2. The van der Waals surface area contributed by atoms with Crippen LogP contribution < -0.4 is 10.6 Å². The van der Waals surface area contributed by atoms with Gasteiger partial charge in [0.05, 0.1) is 10.5 Å². The van der Waals surface area contributed by atoms with Gasteiger partial charge in [-0.2, -0.15) is 0 Å². The number of anilines is 1. The smallest absolute Gasteiger partial charge is 0.276 e. The van der Waals surface area contributed by atoms with Gasteiger partial charge < -0.3 is 10.6 Å². The van der Waals surface area contributed by atoms with Crippen molar-refractivity contribution in [3.63, 3.8) is 0 Å². The zero-order valence-electron chi connectivity index (χ0n) is 21.5. The predicted octanol–water partition coefficient (Wildman–Crippen LogP) is 6.21. The Morgan fingerprint density at radius 1 is 0.800 bits per heavy atom. The van der Waals surface area contributed by atoms with E-state index >= 15 is 0 Å². The van der Waals surface area contributed by atoms with Gasteiger partial charge in [-0.25, -0.2) is 0 Å².